The normalized spacial score (nSPS) is 10.8. The summed E-state index contributed by atoms with van der Waals surface area (Å²) in [5.41, 5.74) is 8.86. The molecule has 2 aromatic rings. The van der Waals surface area contributed by atoms with Crippen molar-refractivity contribution in [3.63, 3.8) is 0 Å². The molecular weight excluding hydrogens is 246 g/mol. The van der Waals surface area contributed by atoms with Crippen LogP contribution in [0.4, 0.5) is 5.69 Å². The Bertz CT molecular complexity index is 556. The number of anilines is 1. The summed E-state index contributed by atoms with van der Waals surface area (Å²) in [5, 5.41) is 0. The summed E-state index contributed by atoms with van der Waals surface area (Å²) < 4.78 is 5.89. The Kier molecular flexibility index (Phi) is 4.67. The molecule has 0 saturated heterocycles. The monoisotopic (exact) mass is 268 g/mol. The highest BCUT2D eigenvalue weighted by Gasteiger charge is 2.07. The molecule has 0 heterocycles. The molecular formula is C18H22NO. The summed E-state index contributed by atoms with van der Waals surface area (Å²) in [5.74, 6) is 2.22. The summed E-state index contributed by atoms with van der Waals surface area (Å²) in [6.07, 6.45) is 2.04. The van der Waals surface area contributed by atoms with Crippen LogP contribution >= 0.6 is 0 Å². The molecule has 0 saturated carbocycles. The number of nitrogens with two attached hydrogens (primary N) is 1. The number of ether oxygens (including phenoxy) is 1. The third kappa shape index (κ3) is 3.32. The van der Waals surface area contributed by atoms with Crippen LogP contribution in [0.5, 0.6) is 11.5 Å². The Morgan fingerprint density at radius 2 is 1.85 bits per heavy atom. The standard InChI is InChI=1S/C18H22NO/c1-4-14(5-2)15-6-9-17(10-7-15)20-18-11-8-16(19)12-13(18)3/h6-12,14H,1,4-5,19H2,2-3H3. The minimum Gasteiger partial charge on any atom is -0.457 e. The first-order chi connectivity index (χ1) is 9.63. The van der Waals surface area contributed by atoms with Gasteiger partial charge in [0.05, 0.1) is 0 Å². The molecule has 0 fully saturated rings. The van der Waals surface area contributed by atoms with Crippen LogP contribution in [0, 0.1) is 13.8 Å². The zero-order chi connectivity index (χ0) is 14.5. The van der Waals surface area contributed by atoms with Crippen LogP contribution < -0.4 is 10.5 Å². The number of rotatable bonds is 5. The Labute approximate surface area is 121 Å². The summed E-state index contributed by atoms with van der Waals surface area (Å²) in [4.78, 5) is 0. The van der Waals surface area contributed by atoms with E-state index in [1.165, 1.54) is 5.56 Å². The molecule has 0 aliphatic carbocycles. The van der Waals surface area contributed by atoms with Crippen LogP contribution in [0.15, 0.2) is 42.5 Å². The fourth-order valence-corrected chi connectivity index (χ4v) is 2.33. The molecule has 1 atom stereocenters. The number of hydrogen-bond acceptors (Lipinski definition) is 2. The van der Waals surface area contributed by atoms with Crippen LogP contribution in [-0.4, -0.2) is 0 Å². The highest BCUT2D eigenvalue weighted by Crippen LogP contribution is 2.29. The first-order valence-corrected chi connectivity index (χ1v) is 7.07. The lowest BCUT2D eigenvalue weighted by atomic mass is 9.94. The fourth-order valence-electron chi connectivity index (χ4n) is 2.33. The van der Waals surface area contributed by atoms with Gasteiger partial charge in [-0.2, -0.15) is 0 Å². The quantitative estimate of drug-likeness (QED) is 0.767. The predicted octanol–water partition coefficient (Wildman–Crippen LogP) is 5.09. The van der Waals surface area contributed by atoms with E-state index in [9.17, 15) is 0 Å². The molecule has 1 unspecified atom stereocenters. The van der Waals surface area contributed by atoms with Crippen molar-refractivity contribution in [2.45, 2.75) is 32.6 Å². The third-order valence-corrected chi connectivity index (χ3v) is 3.62. The van der Waals surface area contributed by atoms with Crippen LogP contribution in [-0.2, 0) is 0 Å². The molecule has 0 aromatic heterocycles. The predicted molar refractivity (Wildman–Crippen MR) is 85.1 cm³/mol. The van der Waals surface area contributed by atoms with Gasteiger partial charge in [-0.3, -0.25) is 0 Å². The number of aryl methyl sites for hydroxylation is 1. The molecule has 20 heavy (non-hydrogen) atoms. The van der Waals surface area contributed by atoms with Crippen molar-refractivity contribution in [3.05, 3.63) is 60.5 Å². The largest absolute Gasteiger partial charge is 0.457 e. The van der Waals surface area contributed by atoms with Crippen molar-refractivity contribution < 1.29 is 4.74 Å². The average Bonchev–Trinajstić information content (AvgIpc) is 2.45. The molecule has 0 spiro atoms. The average molecular weight is 268 g/mol. The van der Waals surface area contributed by atoms with E-state index in [1.807, 2.05) is 37.3 Å². The topological polar surface area (TPSA) is 35.2 Å². The van der Waals surface area contributed by atoms with E-state index in [2.05, 4.69) is 26.0 Å². The molecule has 2 nitrogen and oxygen atoms in total. The maximum atomic E-state index is 5.89. The Balaban J connectivity index is 2.14. The van der Waals surface area contributed by atoms with Crippen molar-refractivity contribution in [2.24, 2.45) is 0 Å². The van der Waals surface area contributed by atoms with Gasteiger partial charge in [0.2, 0.25) is 0 Å². The zero-order valence-electron chi connectivity index (χ0n) is 12.2. The lowest BCUT2D eigenvalue weighted by Gasteiger charge is -2.14. The van der Waals surface area contributed by atoms with Gasteiger partial charge in [0, 0.05) is 5.69 Å². The number of benzene rings is 2. The van der Waals surface area contributed by atoms with Gasteiger partial charge in [0.25, 0.3) is 0 Å². The molecule has 2 N–H and O–H groups in total. The maximum absolute atomic E-state index is 5.89. The van der Waals surface area contributed by atoms with Gasteiger partial charge in [-0.25, -0.2) is 0 Å². The molecule has 0 aliphatic heterocycles. The molecule has 2 aromatic carbocycles. The summed E-state index contributed by atoms with van der Waals surface area (Å²) in [7, 11) is 0. The molecule has 0 aliphatic rings. The van der Waals surface area contributed by atoms with E-state index in [-0.39, 0.29) is 0 Å². The van der Waals surface area contributed by atoms with Crippen LogP contribution in [0.3, 0.4) is 0 Å². The van der Waals surface area contributed by atoms with Crippen LogP contribution in [0.1, 0.15) is 36.8 Å². The molecule has 1 radical (unpaired) electrons. The highest BCUT2D eigenvalue weighted by molar-refractivity contribution is 5.48. The molecule has 105 valence electrons. The van der Waals surface area contributed by atoms with E-state index in [0.29, 0.717) is 5.92 Å². The lowest BCUT2D eigenvalue weighted by molar-refractivity contribution is 0.478. The van der Waals surface area contributed by atoms with Gasteiger partial charge >= 0.3 is 0 Å². The highest BCUT2D eigenvalue weighted by atomic mass is 16.5. The van der Waals surface area contributed by atoms with Gasteiger partial charge in [-0.15, -0.1) is 0 Å². The summed E-state index contributed by atoms with van der Waals surface area (Å²) in [6, 6.07) is 14.0. The molecule has 0 bridgehead atoms. The van der Waals surface area contributed by atoms with Crippen molar-refractivity contribution in [1.82, 2.24) is 0 Å². The van der Waals surface area contributed by atoms with E-state index >= 15 is 0 Å². The lowest BCUT2D eigenvalue weighted by Crippen LogP contribution is -1.95. The Hall–Kier alpha value is -1.96. The number of nitrogen functional groups attached to an aromatic ring is 1. The molecule has 0 amide bonds. The second-order valence-corrected chi connectivity index (χ2v) is 5.09. The Morgan fingerprint density at radius 3 is 2.40 bits per heavy atom. The van der Waals surface area contributed by atoms with Crippen molar-refractivity contribution in [3.8, 4) is 11.5 Å². The zero-order valence-corrected chi connectivity index (χ0v) is 12.2. The number of hydrogen-bond donors (Lipinski definition) is 1. The third-order valence-electron chi connectivity index (χ3n) is 3.62. The van der Waals surface area contributed by atoms with Gasteiger partial charge in [0.1, 0.15) is 11.5 Å². The minimum absolute atomic E-state index is 0.530. The van der Waals surface area contributed by atoms with Gasteiger partial charge in [0.15, 0.2) is 0 Å². The molecule has 2 rings (SSSR count). The minimum atomic E-state index is 0.530. The Morgan fingerprint density at radius 1 is 1.15 bits per heavy atom. The van der Waals surface area contributed by atoms with Crippen molar-refractivity contribution in [2.75, 3.05) is 5.73 Å². The van der Waals surface area contributed by atoms with E-state index in [4.69, 9.17) is 10.5 Å². The van der Waals surface area contributed by atoms with Gasteiger partial charge < -0.3 is 10.5 Å². The van der Waals surface area contributed by atoms with Gasteiger partial charge in [-0.05, 0) is 67.1 Å². The van der Waals surface area contributed by atoms with Crippen LogP contribution in [0.25, 0.3) is 0 Å². The first-order valence-electron chi connectivity index (χ1n) is 7.07. The van der Waals surface area contributed by atoms with Crippen molar-refractivity contribution in [1.29, 1.82) is 0 Å². The van der Waals surface area contributed by atoms with E-state index < -0.39 is 0 Å². The summed E-state index contributed by atoms with van der Waals surface area (Å²) in [6.45, 7) is 8.19. The summed E-state index contributed by atoms with van der Waals surface area (Å²) >= 11 is 0. The van der Waals surface area contributed by atoms with Crippen LogP contribution in [0.2, 0.25) is 0 Å². The second kappa shape index (κ2) is 6.47. The SMILES string of the molecule is [CH2]CC(CC)c1ccc(Oc2ccc(N)cc2C)cc1. The molecule has 2 heteroatoms. The second-order valence-electron chi connectivity index (χ2n) is 5.09. The smallest absolute Gasteiger partial charge is 0.130 e. The van der Waals surface area contributed by atoms with E-state index in [0.717, 1.165) is 35.6 Å². The van der Waals surface area contributed by atoms with Crippen molar-refractivity contribution >= 4 is 5.69 Å². The fraction of sp³-hybridized carbons (Fsp3) is 0.278. The van der Waals surface area contributed by atoms with Gasteiger partial charge in [-0.1, -0.05) is 26.0 Å². The first kappa shape index (κ1) is 14.4. The van der Waals surface area contributed by atoms with E-state index in [1.54, 1.807) is 0 Å². The maximum Gasteiger partial charge on any atom is 0.130 e.